The molecule has 5 heavy (non-hydrogen) atoms. The van der Waals surface area contributed by atoms with E-state index in [1.807, 2.05) is 0 Å². The smallest absolute Gasteiger partial charge is 0.125 e. The van der Waals surface area contributed by atoms with Crippen molar-refractivity contribution in [2.24, 2.45) is 0 Å². The second kappa shape index (κ2) is 5.59. The number of halogens is 3. The first kappa shape index (κ1) is 9.78. The van der Waals surface area contributed by atoms with Crippen molar-refractivity contribution < 1.29 is 16.8 Å². The Morgan fingerprint density at radius 3 is 1.00 bits per heavy atom. The summed E-state index contributed by atoms with van der Waals surface area (Å²) in [6.45, 7) is -1.46. The summed E-state index contributed by atoms with van der Waals surface area (Å²) < 4.78 is 0. The minimum absolute atomic E-state index is 0. The molecule has 0 saturated carbocycles. The summed E-state index contributed by atoms with van der Waals surface area (Å²) in [7, 11) is 0. The summed E-state index contributed by atoms with van der Waals surface area (Å²) >= 11 is 14.7. The van der Waals surface area contributed by atoms with E-state index in [9.17, 15) is 0 Å². The molecule has 0 aliphatic carbocycles. The average Bonchev–Trinajstić information content (AvgIpc) is 0.811. The summed E-state index contributed by atoms with van der Waals surface area (Å²) in [6, 6.07) is 0. The summed E-state index contributed by atoms with van der Waals surface area (Å²) in [5.41, 5.74) is 0. The molecule has 0 aromatic carbocycles. The third-order valence-electron chi connectivity index (χ3n) is 0. The van der Waals surface area contributed by atoms with Crippen LogP contribution in [-0.2, 0) is 16.8 Å². The first-order chi connectivity index (χ1) is 1.73. The molecule has 0 rings (SSSR count). The van der Waals surface area contributed by atoms with Gasteiger partial charge in [-0.15, -0.1) is 33.2 Å². The van der Waals surface area contributed by atoms with E-state index in [4.69, 9.17) is 33.2 Å². The molecule has 0 aromatic heterocycles. The predicted molar refractivity (Wildman–Crippen MR) is 23.3 cm³/mol. The van der Waals surface area contributed by atoms with Gasteiger partial charge in [-0.05, 0) is 0 Å². The molecular formula is Cl3CoSi. The molecule has 34 valence electrons. The van der Waals surface area contributed by atoms with Crippen LogP contribution in [-0.4, -0.2) is 6.73 Å². The molecule has 5 heteroatoms. The molecule has 0 spiro atoms. The first-order valence-electron chi connectivity index (χ1n) is 0.567. The van der Waals surface area contributed by atoms with Gasteiger partial charge in [0, 0.05) is 16.8 Å². The van der Waals surface area contributed by atoms with E-state index >= 15 is 0 Å². The predicted octanol–water partition coefficient (Wildman–Crippen LogP) is 1.69. The second-order valence-electron chi connectivity index (χ2n) is 0.214. The molecule has 0 aromatic rings. The maximum atomic E-state index is 4.91. The fourth-order valence-corrected chi connectivity index (χ4v) is 0. The summed E-state index contributed by atoms with van der Waals surface area (Å²) in [4.78, 5) is 0. The van der Waals surface area contributed by atoms with E-state index in [0.717, 1.165) is 0 Å². The van der Waals surface area contributed by atoms with E-state index < -0.39 is 6.73 Å². The van der Waals surface area contributed by atoms with Crippen LogP contribution < -0.4 is 0 Å². The maximum Gasteiger partial charge on any atom is 0.376 e. The van der Waals surface area contributed by atoms with Crippen LogP contribution in [0, 0.1) is 0 Å². The minimum Gasteiger partial charge on any atom is -0.125 e. The van der Waals surface area contributed by atoms with Gasteiger partial charge in [0.25, 0.3) is 0 Å². The van der Waals surface area contributed by atoms with E-state index in [0.29, 0.717) is 0 Å². The van der Waals surface area contributed by atoms with Crippen LogP contribution in [0.1, 0.15) is 0 Å². The van der Waals surface area contributed by atoms with Crippen LogP contribution >= 0.6 is 33.2 Å². The standard InChI is InChI=1S/Cl3Si.Co/c1-4(2)3;. The summed E-state index contributed by atoms with van der Waals surface area (Å²) in [6.07, 6.45) is 0. The Bertz CT molecular complexity index is 11.6. The van der Waals surface area contributed by atoms with Gasteiger partial charge in [0.1, 0.15) is 0 Å². The molecule has 0 fully saturated rings. The Morgan fingerprint density at radius 2 is 1.00 bits per heavy atom. The molecular weight excluding hydrogens is 193 g/mol. The van der Waals surface area contributed by atoms with Crippen molar-refractivity contribution in [2.75, 3.05) is 0 Å². The molecule has 0 heterocycles. The molecule has 0 unspecified atom stereocenters. The van der Waals surface area contributed by atoms with Crippen molar-refractivity contribution in [1.82, 2.24) is 0 Å². The monoisotopic (exact) mass is 192 g/mol. The van der Waals surface area contributed by atoms with Crippen LogP contribution in [0.15, 0.2) is 0 Å². The minimum atomic E-state index is -1.46. The van der Waals surface area contributed by atoms with Crippen LogP contribution in [0.25, 0.3) is 0 Å². The molecule has 0 nitrogen and oxygen atoms in total. The Morgan fingerprint density at radius 1 is 1.00 bits per heavy atom. The topological polar surface area (TPSA) is 0 Å². The SMILES string of the molecule is Cl[Si](Cl)Cl.[Co]. The van der Waals surface area contributed by atoms with Gasteiger partial charge in [0.05, 0.1) is 0 Å². The largest absolute Gasteiger partial charge is 0.376 e. The normalized spacial score (nSPS) is 7.20. The third-order valence-corrected chi connectivity index (χ3v) is 0. The molecule has 0 aliphatic heterocycles. The number of hydrogen-bond acceptors (Lipinski definition) is 0. The Hall–Kier alpha value is 1.59. The van der Waals surface area contributed by atoms with Crippen LogP contribution in [0.2, 0.25) is 0 Å². The number of hydrogen-bond donors (Lipinski definition) is 0. The Kier molecular flexibility index (Phi) is 10.9. The van der Waals surface area contributed by atoms with E-state index in [-0.39, 0.29) is 16.8 Å². The molecule has 0 aliphatic rings. The van der Waals surface area contributed by atoms with Gasteiger partial charge >= 0.3 is 6.73 Å². The van der Waals surface area contributed by atoms with E-state index in [2.05, 4.69) is 0 Å². The third kappa shape index (κ3) is 28.4. The summed E-state index contributed by atoms with van der Waals surface area (Å²) in [5, 5.41) is 0. The van der Waals surface area contributed by atoms with Gasteiger partial charge in [-0.2, -0.15) is 0 Å². The molecule has 2 radical (unpaired) electrons. The molecule has 0 amide bonds. The van der Waals surface area contributed by atoms with Crippen molar-refractivity contribution >= 4 is 40.0 Å². The zero-order valence-electron chi connectivity index (χ0n) is 1.97. The van der Waals surface area contributed by atoms with Gasteiger partial charge in [0.2, 0.25) is 0 Å². The fourth-order valence-electron chi connectivity index (χ4n) is 0. The average molecular weight is 193 g/mol. The molecule has 0 N–H and O–H groups in total. The van der Waals surface area contributed by atoms with Gasteiger partial charge in [0.15, 0.2) is 0 Å². The molecule has 0 saturated heterocycles. The van der Waals surface area contributed by atoms with Crippen LogP contribution in [0.4, 0.5) is 0 Å². The van der Waals surface area contributed by atoms with Crippen molar-refractivity contribution in [3.05, 3.63) is 0 Å². The quantitative estimate of drug-likeness (QED) is 0.406. The Balaban J connectivity index is 0. The van der Waals surface area contributed by atoms with E-state index in [1.165, 1.54) is 0 Å². The van der Waals surface area contributed by atoms with Crippen LogP contribution in [0.5, 0.6) is 0 Å². The maximum absolute atomic E-state index is 4.91. The summed E-state index contributed by atoms with van der Waals surface area (Å²) in [5.74, 6) is 0. The molecule has 0 atom stereocenters. The Labute approximate surface area is 56.7 Å². The van der Waals surface area contributed by atoms with E-state index in [1.54, 1.807) is 0 Å². The second-order valence-corrected chi connectivity index (χ2v) is 5.79. The fraction of sp³-hybridized carbons (Fsp3) is 0. The van der Waals surface area contributed by atoms with Crippen LogP contribution in [0.3, 0.4) is 0 Å². The van der Waals surface area contributed by atoms with Gasteiger partial charge in [-0.25, -0.2) is 0 Å². The zero-order valence-corrected chi connectivity index (χ0v) is 6.28. The van der Waals surface area contributed by atoms with Crippen molar-refractivity contribution in [3.8, 4) is 0 Å². The zero-order chi connectivity index (χ0) is 3.58. The van der Waals surface area contributed by atoms with Crippen molar-refractivity contribution in [1.29, 1.82) is 0 Å². The first-order valence-corrected chi connectivity index (χ1v) is 5.10. The van der Waals surface area contributed by atoms with Crippen molar-refractivity contribution in [2.45, 2.75) is 0 Å². The van der Waals surface area contributed by atoms with Gasteiger partial charge < -0.3 is 0 Å². The van der Waals surface area contributed by atoms with Gasteiger partial charge in [-0.1, -0.05) is 0 Å². The molecule has 0 bridgehead atoms. The van der Waals surface area contributed by atoms with Gasteiger partial charge in [-0.3, -0.25) is 0 Å². The van der Waals surface area contributed by atoms with Crippen molar-refractivity contribution in [3.63, 3.8) is 0 Å². The number of rotatable bonds is 0.